The van der Waals surface area contributed by atoms with E-state index >= 15 is 9.59 Å². The van der Waals surface area contributed by atoms with E-state index in [1.807, 2.05) is 67.6 Å². The molecule has 2 aromatic rings. The minimum absolute atomic E-state index is 0.113. The molecular weight excluding hydrogens is 688 g/mol. The monoisotopic (exact) mass is 742 g/mol. The van der Waals surface area contributed by atoms with E-state index in [0.717, 1.165) is 13.1 Å². The van der Waals surface area contributed by atoms with Crippen molar-refractivity contribution in [3.63, 3.8) is 0 Å². The summed E-state index contributed by atoms with van der Waals surface area (Å²) in [4.78, 5) is 64.7. The van der Waals surface area contributed by atoms with Crippen molar-refractivity contribution in [1.29, 1.82) is 0 Å². The predicted octanol–water partition coefficient (Wildman–Crippen LogP) is 3.54. The van der Waals surface area contributed by atoms with Crippen molar-refractivity contribution in [3.8, 4) is 0 Å². The van der Waals surface area contributed by atoms with Crippen molar-refractivity contribution in [1.82, 2.24) is 19.6 Å². The van der Waals surface area contributed by atoms with Crippen molar-refractivity contribution in [2.24, 2.45) is 11.8 Å². The highest BCUT2D eigenvalue weighted by molar-refractivity contribution is 5.98. The van der Waals surface area contributed by atoms with Gasteiger partial charge in [0.1, 0.15) is 17.7 Å². The van der Waals surface area contributed by atoms with Crippen LogP contribution in [-0.2, 0) is 33.4 Å². The van der Waals surface area contributed by atoms with E-state index in [1.165, 1.54) is 4.90 Å². The molecule has 6 rings (SSSR count). The number of benzene rings is 2. The number of hydrogen-bond acceptors (Lipinski definition) is 9. The summed E-state index contributed by atoms with van der Waals surface area (Å²) in [6.45, 7) is 13.1. The third kappa shape index (κ3) is 7.62. The maximum absolute atomic E-state index is 15.0. The number of aliphatic hydroxyl groups excluding tert-OH is 1. The zero-order valence-corrected chi connectivity index (χ0v) is 31.5. The summed E-state index contributed by atoms with van der Waals surface area (Å²) in [5.41, 5.74) is 0.0635. The molecule has 1 spiro atoms. The molecule has 4 saturated heterocycles. The maximum atomic E-state index is 15.0. The Morgan fingerprint density at radius 2 is 1.70 bits per heavy atom. The summed E-state index contributed by atoms with van der Waals surface area (Å²) in [5, 5.41) is 10.9. The van der Waals surface area contributed by atoms with Gasteiger partial charge in [0.25, 0.3) is 0 Å². The Morgan fingerprint density at radius 3 is 2.33 bits per heavy atom. The van der Waals surface area contributed by atoms with Crippen LogP contribution in [0.5, 0.6) is 0 Å². The van der Waals surface area contributed by atoms with E-state index in [9.17, 15) is 14.7 Å². The molecule has 4 aliphatic rings. The predicted molar refractivity (Wildman–Crippen MR) is 202 cm³/mol. The Balaban J connectivity index is 1.34. The van der Waals surface area contributed by atoms with Gasteiger partial charge in [-0.05, 0) is 37.3 Å². The number of carbonyl (C=O) groups is 4. The number of morpholine rings is 1. The Bertz CT molecular complexity index is 1650. The minimum atomic E-state index is -1.31. The molecule has 0 saturated carbocycles. The molecule has 290 valence electrons. The minimum Gasteiger partial charge on any atom is -0.455 e. The molecule has 0 radical (unpaired) electrons. The summed E-state index contributed by atoms with van der Waals surface area (Å²) >= 11 is 0. The first-order chi connectivity index (χ1) is 26.2. The van der Waals surface area contributed by atoms with Crippen molar-refractivity contribution < 1.29 is 38.5 Å². The standard InChI is InChI=1S/C42H54N4O8/c1-5-7-18-34(48)43(4)29(3)37(31-16-12-9-13-17-31)53-41(51)35-33-19-20-42(54-33)36(35)39(49)46(32(28-47)30-14-10-8-11-15-30)38(42)40(50)45(21-6-2)23-22-44-24-26-52-27-25-44/h5-6,8-17,29,32-33,35-38,47H,1-2,7,18-28H2,3-4H3/t29-,32-,33-,35+,36+,37+,38-,42+/m1/s1. The number of ether oxygens (including phenoxy) is 3. The van der Waals surface area contributed by atoms with E-state index in [2.05, 4.69) is 18.1 Å². The highest BCUT2D eigenvalue weighted by Crippen LogP contribution is 2.60. The summed E-state index contributed by atoms with van der Waals surface area (Å²) in [7, 11) is 1.69. The lowest BCUT2D eigenvalue weighted by Gasteiger charge is -2.40. The average molecular weight is 743 g/mol. The van der Waals surface area contributed by atoms with E-state index in [-0.39, 0.29) is 24.8 Å². The van der Waals surface area contributed by atoms with Crippen LogP contribution >= 0.6 is 0 Å². The van der Waals surface area contributed by atoms with Crippen LogP contribution in [0, 0.1) is 11.8 Å². The molecule has 0 unspecified atom stereocenters. The van der Waals surface area contributed by atoms with Crippen LogP contribution in [0.25, 0.3) is 0 Å². The van der Waals surface area contributed by atoms with Crippen molar-refractivity contribution >= 4 is 23.7 Å². The van der Waals surface area contributed by atoms with Crippen molar-refractivity contribution in [3.05, 3.63) is 97.1 Å². The quantitative estimate of drug-likeness (QED) is 0.191. The van der Waals surface area contributed by atoms with Gasteiger partial charge in [-0.1, -0.05) is 72.8 Å². The maximum Gasteiger partial charge on any atom is 0.313 e. The Morgan fingerprint density at radius 1 is 1.04 bits per heavy atom. The number of likely N-dealkylation sites (N-methyl/N-ethyl adjacent to an activating group) is 1. The molecule has 4 fully saturated rings. The second-order valence-corrected chi connectivity index (χ2v) is 14.8. The third-order valence-electron chi connectivity index (χ3n) is 11.8. The summed E-state index contributed by atoms with van der Waals surface area (Å²) in [6, 6.07) is 15.9. The number of aliphatic hydroxyl groups is 1. The first-order valence-electron chi connectivity index (χ1n) is 19.1. The molecule has 12 nitrogen and oxygen atoms in total. The van der Waals surface area contributed by atoms with Crippen LogP contribution < -0.4 is 0 Å². The molecule has 3 amide bonds. The molecule has 54 heavy (non-hydrogen) atoms. The van der Waals surface area contributed by atoms with Gasteiger partial charge in [-0.15, -0.1) is 13.2 Å². The number of allylic oxidation sites excluding steroid dienone is 1. The molecule has 2 bridgehead atoms. The second-order valence-electron chi connectivity index (χ2n) is 14.8. The summed E-state index contributed by atoms with van der Waals surface area (Å²) in [6.07, 6.45) is 3.51. The highest BCUT2D eigenvalue weighted by atomic mass is 16.6. The Labute approximate surface area is 318 Å². The zero-order valence-electron chi connectivity index (χ0n) is 31.5. The summed E-state index contributed by atoms with van der Waals surface area (Å²) < 4.78 is 18.7. The molecule has 4 aliphatic heterocycles. The number of rotatable bonds is 17. The van der Waals surface area contributed by atoms with Gasteiger partial charge in [-0.2, -0.15) is 0 Å². The number of amides is 3. The highest BCUT2D eigenvalue weighted by Gasteiger charge is 2.76. The smallest absolute Gasteiger partial charge is 0.313 e. The van der Waals surface area contributed by atoms with Crippen LogP contribution in [0.4, 0.5) is 0 Å². The van der Waals surface area contributed by atoms with Crippen LogP contribution in [-0.4, -0.2) is 132 Å². The van der Waals surface area contributed by atoms with Gasteiger partial charge in [0.15, 0.2) is 0 Å². The molecular formula is C42H54N4O8. The van der Waals surface area contributed by atoms with Gasteiger partial charge < -0.3 is 34.0 Å². The third-order valence-corrected chi connectivity index (χ3v) is 11.8. The fraction of sp³-hybridized carbons (Fsp3) is 0.524. The van der Waals surface area contributed by atoms with E-state index < -0.39 is 66.3 Å². The van der Waals surface area contributed by atoms with Crippen LogP contribution in [0.2, 0.25) is 0 Å². The van der Waals surface area contributed by atoms with Crippen molar-refractivity contribution in [2.45, 2.75) is 68.5 Å². The van der Waals surface area contributed by atoms with Gasteiger partial charge in [-0.3, -0.25) is 24.1 Å². The Hall–Kier alpha value is -4.36. The zero-order chi connectivity index (χ0) is 38.4. The average Bonchev–Trinajstić information content (AvgIpc) is 3.85. The molecule has 0 aromatic heterocycles. The summed E-state index contributed by atoms with van der Waals surface area (Å²) in [5.74, 6) is -3.47. The SMILES string of the molecule is C=CCCC(=O)N(C)[C@H](C)[C@H](OC(=O)[C@@H]1[C@H]2C(=O)N([C@H](CO)c3ccccc3)[C@H](C(=O)N(CC=C)CCN3CCOCC3)[C@]23CC[C@H]1O3)c1ccccc1. The molecule has 12 heteroatoms. The molecule has 2 aromatic carbocycles. The number of carbonyl (C=O) groups excluding carboxylic acids is 4. The molecule has 4 heterocycles. The van der Waals surface area contributed by atoms with Gasteiger partial charge >= 0.3 is 5.97 Å². The first kappa shape index (κ1) is 39.3. The van der Waals surface area contributed by atoms with Gasteiger partial charge in [0, 0.05) is 46.2 Å². The van der Waals surface area contributed by atoms with E-state index in [0.29, 0.717) is 56.7 Å². The van der Waals surface area contributed by atoms with Gasteiger partial charge in [-0.25, -0.2) is 0 Å². The second kappa shape index (κ2) is 17.4. The topological polar surface area (TPSA) is 129 Å². The lowest BCUT2D eigenvalue weighted by Crippen LogP contribution is -2.58. The van der Waals surface area contributed by atoms with Crippen molar-refractivity contribution in [2.75, 3.05) is 59.6 Å². The van der Waals surface area contributed by atoms with Gasteiger partial charge in [0.2, 0.25) is 17.7 Å². The number of nitrogens with zero attached hydrogens (tertiary/aromatic N) is 4. The Kier molecular flexibility index (Phi) is 12.7. The number of hydrogen-bond donors (Lipinski definition) is 1. The van der Waals surface area contributed by atoms with E-state index in [4.69, 9.17) is 14.2 Å². The largest absolute Gasteiger partial charge is 0.455 e. The molecule has 1 N–H and O–H groups in total. The first-order valence-corrected chi connectivity index (χ1v) is 19.1. The normalized spacial score (nSPS) is 26.4. The fourth-order valence-corrected chi connectivity index (χ4v) is 8.83. The van der Waals surface area contributed by atoms with Crippen LogP contribution in [0.1, 0.15) is 55.9 Å². The molecule has 0 aliphatic carbocycles. The lowest BCUT2D eigenvalue weighted by atomic mass is 9.70. The van der Waals surface area contributed by atoms with Crippen LogP contribution in [0.3, 0.4) is 0 Å². The fourth-order valence-electron chi connectivity index (χ4n) is 8.83. The number of likely N-dealkylation sites (tertiary alicyclic amines) is 1. The number of fused-ring (bicyclic) bond motifs is 1. The molecule has 8 atom stereocenters. The van der Waals surface area contributed by atoms with Crippen LogP contribution in [0.15, 0.2) is 86.0 Å². The lowest BCUT2D eigenvalue weighted by molar-refractivity contribution is -0.165. The number of esters is 1. The van der Waals surface area contributed by atoms with E-state index in [1.54, 1.807) is 29.0 Å². The van der Waals surface area contributed by atoms with Gasteiger partial charge in [0.05, 0.1) is 49.8 Å².